The summed E-state index contributed by atoms with van der Waals surface area (Å²) in [5, 5.41) is 11.0. The molecule has 0 radical (unpaired) electrons. The van der Waals surface area contributed by atoms with Gasteiger partial charge in [0.15, 0.2) is 0 Å². The van der Waals surface area contributed by atoms with Crippen LogP contribution in [0.5, 0.6) is 5.75 Å². The summed E-state index contributed by atoms with van der Waals surface area (Å²) in [6.45, 7) is 1.04. The lowest BCUT2D eigenvalue weighted by molar-refractivity contribution is -0.00654. The predicted molar refractivity (Wildman–Crippen MR) is 83.7 cm³/mol. The first-order chi connectivity index (χ1) is 10.1. The molecule has 118 valence electrons. The van der Waals surface area contributed by atoms with Gasteiger partial charge in [0.05, 0.1) is 12.1 Å². The van der Waals surface area contributed by atoms with Crippen molar-refractivity contribution in [1.82, 2.24) is 4.90 Å². The van der Waals surface area contributed by atoms with Crippen LogP contribution >= 0.6 is 0 Å². The number of rotatable bonds is 7. The van der Waals surface area contributed by atoms with Gasteiger partial charge in [-0.15, -0.1) is 0 Å². The van der Waals surface area contributed by atoms with E-state index in [4.69, 9.17) is 9.47 Å². The van der Waals surface area contributed by atoms with Crippen LogP contribution in [0.15, 0.2) is 24.3 Å². The lowest BCUT2D eigenvalue weighted by Gasteiger charge is -2.41. The van der Waals surface area contributed by atoms with Gasteiger partial charge in [0.25, 0.3) is 0 Å². The minimum atomic E-state index is -0.534. The number of nitrogens with zero attached hydrogens (tertiary/aromatic N) is 1. The topological polar surface area (TPSA) is 41.9 Å². The highest BCUT2D eigenvalue weighted by Crippen LogP contribution is 2.45. The van der Waals surface area contributed by atoms with E-state index in [1.807, 2.05) is 24.3 Å². The largest absolute Gasteiger partial charge is 0.491 e. The maximum absolute atomic E-state index is 11.0. The highest BCUT2D eigenvalue weighted by Gasteiger charge is 2.44. The Bertz CT molecular complexity index is 441. The number of ether oxygens (including phenoxy) is 2. The van der Waals surface area contributed by atoms with Crippen LogP contribution in [-0.2, 0) is 4.74 Å². The Hall–Kier alpha value is -1.10. The fraction of sp³-hybridized carbons (Fsp3) is 0.647. The zero-order valence-corrected chi connectivity index (χ0v) is 13.3. The quantitative estimate of drug-likeness (QED) is 0.785. The minimum Gasteiger partial charge on any atom is -0.491 e. The van der Waals surface area contributed by atoms with Crippen molar-refractivity contribution in [3.63, 3.8) is 0 Å². The molecule has 21 heavy (non-hydrogen) atoms. The third kappa shape index (κ3) is 3.39. The van der Waals surface area contributed by atoms with Gasteiger partial charge in [0.2, 0.25) is 0 Å². The second-order valence-corrected chi connectivity index (χ2v) is 5.99. The van der Waals surface area contributed by atoms with Gasteiger partial charge < -0.3 is 19.5 Å². The van der Waals surface area contributed by atoms with Crippen molar-refractivity contribution < 1.29 is 14.6 Å². The number of likely N-dealkylation sites (N-methyl/N-ethyl adjacent to an activating group) is 1. The van der Waals surface area contributed by atoms with E-state index in [1.54, 1.807) is 7.11 Å². The summed E-state index contributed by atoms with van der Waals surface area (Å²) in [5.74, 6) is 0.759. The van der Waals surface area contributed by atoms with Crippen LogP contribution in [0.3, 0.4) is 0 Å². The van der Waals surface area contributed by atoms with Gasteiger partial charge in [-0.25, -0.2) is 0 Å². The summed E-state index contributed by atoms with van der Waals surface area (Å²) >= 11 is 0. The van der Waals surface area contributed by atoms with E-state index in [-0.39, 0.29) is 5.54 Å². The van der Waals surface area contributed by atoms with Gasteiger partial charge in [-0.3, -0.25) is 0 Å². The number of methoxy groups -OCH3 is 1. The molecule has 1 N–H and O–H groups in total. The zero-order chi connectivity index (χ0) is 15.3. The van der Waals surface area contributed by atoms with Crippen molar-refractivity contribution in [3.05, 3.63) is 29.8 Å². The van der Waals surface area contributed by atoms with Crippen LogP contribution in [0.1, 0.15) is 37.4 Å². The fourth-order valence-electron chi connectivity index (χ4n) is 3.31. The Kier molecular flexibility index (Phi) is 5.62. The van der Waals surface area contributed by atoms with Gasteiger partial charge in [-0.2, -0.15) is 0 Å². The van der Waals surface area contributed by atoms with E-state index in [2.05, 4.69) is 19.0 Å². The SMILES string of the molecule is COCCOc1ccccc1C(O)C1(N(C)C)CCCC1. The maximum atomic E-state index is 11.0. The van der Waals surface area contributed by atoms with Crippen LogP contribution in [0.25, 0.3) is 0 Å². The summed E-state index contributed by atoms with van der Waals surface area (Å²) in [5.41, 5.74) is 0.699. The van der Waals surface area contributed by atoms with Crippen molar-refractivity contribution in [2.75, 3.05) is 34.4 Å². The molecule has 1 unspecified atom stereocenters. The molecule has 0 aromatic heterocycles. The Morgan fingerprint density at radius 2 is 1.86 bits per heavy atom. The van der Waals surface area contributed by atoms with Crippen LogP contribution in [-0.4, -0.2) is 50.0 Å². The average molecular weight is 293 g/mol. The van der Waals surface area contributed by atoms with Crippen LogP contribution in [0, 0.1) is 0 Å². The van der Waals surface area contributed by atoms with Crippen molar-refractivity contribution in [3.8, 4) is 5.75 Å². The first kappa shape index (κ1) is 16.3. The molecule has 0 heterocycles. The Morgan fingerprint density at radius 1 is 1.19 bits per heavy atom. The second-order valence-electron chi connectivity index (χ2n) is 5.99. The second kappa shape index (κ2) is 7.25. The van der Waals surface area contributed by atoms with E-state index in [0.717, 1.165) is 24.2 Å². The summed E-state index contributed by atoms with van der Waals surface area (Å²) < 4.78 is 10.8. The van der Waals surface area contributed by atoms with E-state index < -0.39 is 6.10 Å². The van der Waals surface area contributed by atoms with E-state index in [1.165, 1.54) is 12.8 Å². The van der Waals surface area contributed by atoms with E-state index in [9.17, 15) is 5.11 Å². The number of hydrogen-bond acceptors (Lipinski definition) is 4. The average Bonchev–Trinajstić information content (AvgIpc) is 2.98. The third-order valence-corrected chi connectivity index (χ3v) is 4.63. The van der Waals surface area contributed by atoms with Crippen molar-refractivity contribution in [2.24, 2.45) is 0 Å². The number of hydrogen-bond donors (Lipinski definition) is 1. The molecule has 0 spiro atoms. The third-order valence-electron chi connectivity index (χ3n) is 4.63. The molecule has 0 amide bonds. The first-order valence-corrected chi connectivity index (χ1v) is 7.68. The summed E-state index contributed by atoms with van der Waals surface area (Å²) in [4.78, 5) is 2.18. The lowest BCUT2D eigenvalue weighted by atomic mass is 9.84. The van der Waals surface area contributed by atoms with Crippen molar-refractivity contribution in [1.29, 1.82) is 0 Å². The minimum absolute atomic E-state index is 0.180. The lowest BCUT2D eigenvalue weighted by Crippen LogP contribution is -2.47. The van der Waals surface area contributed by atoms with Gasteiger partial charge in [0.1, 0.15) is 18.5 Å². The smallest absolute Gasteiger partial charge is 0.125 e. The normalized spacial score (nSPS) is 18.9. The van der Waals surface area contributed by atoms with Gasteiger partial charge in [0, 0.05) is 12.7 Å². The number of benzene rings is 1. The molecule has 4 nitrogen and oxygen atoms in total. The predicted octanol–water partition coefficient (Wildman–Crippen LogP) is 2.62. The Labute approximate surface area is 127 Å². The molecule has 0 saturated heterocycles. The molecule has 1 fully saturated rings. The van der Waals surface area contributed by atoms with Crippen LogP contribution < -0.4 is 4.74 Å². The highest BCUT2D eigenvalue weighted by molar-refractivity contribution is 5.37. The number of para-hydroxylation sites is 1. The molecule has 1 aromatic rings. The standard InChI is InChI=1S/C17H27NO3/c1-18(2)17(10-6-7-11-17)16(19)14-8-4-5-9-15(14)21-13-12-20-3/h4-5,8-9,16,19H,6-7,10-13H2,1-3H3. The van der Waals surface area contributed by atoms with E-state index >= 15 is 0 Å². The first-order valence-electron chi connectivity index (χ1n) is 7.68. The number of aliphatic hydroxyl groups excluding tert-OH is 1. The van der Waals surface area contributed by atoms with Gasteiger partial charge in [-0.05, 0) is 33.0 Å². The number of aliphatic hydroxyl groups is 1. The summed E-state index contributed by atoms with van der Waals surface area (Å²) in [6.07, 6.45) is 3.85. The molecule has 4 heteroatoms. The van der Waals surface area contributed by atoms with Crippen LogP contribution in [0.2, 0.25) is 0 Å². The molecule has 0 bridgehead atoms. The Balaban J connectivity index is 2.23. The highest BCUT2D eigenvalue weighted by atomic mass is 16.5. The molecule has 1 atom stereocenters. The van der Waals surface area contributed by atoms with Crippen molar-refractivity contribution in [2.45, 2.75) is 37.3 Å². The molecule has 1 saturated carbocycles. The molecular formula is C17H27NO3. The Morgan fingerprint density at radius 3 is 2.48 bits per heavy atom. The molecule has 1 aromatic carbocycles. The van der Waals surface area contributed by atoms with Crippen LogP contribution in [0.4, 0.5) is 0 Å². The maximum Gasteiger partial charge on any atom is 0.125 e. The fourth-order valence-corrected chi connectivity index (χ4v) is 3.31. The molecular weight excluding hydrogens is 266 g/mol. The van der Waals surface area contributed by atoms with Gasteiger partial charge in [-0.1, -0.05) is 31.0 Å². The molecule has 1 aliphatic carbocycles. The van der Waals surface area contributed by atoms with Crippen molar-refractivity contribution >= 4 is 0 Å². The summed E-state index contributed by atoms with van der Waals surface area (Å²) in [6, 6.07) is 7.79. The molecule has 1 aliphatic rings. The summed E-state index contributed by atoms with van der Waals surface area (Å²) in [7, 11) is 5.77. The van der Waals surface area contributed by atoms with E-state index in [0.29, 0.717) is 13.2 Å². The zero-order valence-electron chi connectivity index (χ0n) is 13.3. The monoisotopic (exact) mass is 293 g/mol. The molecule has 0 aliphatic heterocycles. The van der Waals surface area contributed by atoms with Gasteiger partial charge >= 0.3 is 0 Å². The molecule has 2 rings (SSSR count).